The van der Waals surface area contributed by atoms with Gasteiger partial charge in [0, 0.05) is 12.7 Å². The van der Waals surface area contributed by atoms with E-state index in [9.17, 15) is 14.0 Å². The van der Waals surface area contributed by atoms with Gasteiger partial charge in [0.15, 0.2) is 0 Å². The van der Waals surface area contributed by atoms with Gasteiger partial charge in [-0.2, -0.15) is 0 Å². The van der Waals surface area contributed by atoms with Gasteiger partial charge in [-0.05, 0) is 29.8 Å². The number of hydrogen-bond acceptors (Lipinski definition) is 5. The third-order valence-corrected chi connectivity index (χ3v) is 4.22. The van der Waals surface area contributed by atoms with Crippen molar-refractivity contribution in [2.45, 2.75) is 13.1 Å². The molecule has 0 aliphatic carbocycles. The highest BCUT2D eigenvalue weighted by atomic mass is 32.1. The Kier molecular flexibility index (Phi) is 4.48. The molecule has 0 atom stereocenters. The topological polar surface area (TPSA) is 83.4 Å². The second-order valence-electron chi connectivity index (χ2n) is 5.05. The molecule has 3 aromatic rings. The minimum absolute atomic E-state index is 0.0156. The monoisotopic (exact) mass is 345 g/mol. The molecule has 1 aromatic carbocycles. The molecule has 0 unspecified atom stereocenters. The number of halogens is 1. The summed E-state index contributed by atoms with van der Waals surface area (Å²) in [5.74, 6) is -3.30. The lowest BCUT2D eigenvalue weighted by Crippen LogP contribution is -2.36. The number of aliphatic carboxylic acids is 1. The summed E-state index contributed by atoms with van der Waals surface area (Å²) in [4.78, 5) is 32.1. The SMILES string of the molecule is O=C(O)C(=O)N(Cc1ccc2scnc2c1)Cc1ncccc1F. The summed E-state index contributed by atoms with van der Waals surface area (Å²) in [6.45, 7) is -0.207. The number of rotatable bonds is 4. The van der Waals surface area contributed by atoms with E-state index in [0.717, 1.165) is 15.1 Å². The molecule has 24 heavy (non-hydrogen) atoms. The number of carboxylic acids is 1. The van der Waals surface area contributed by atoms with Crippen LogP contribution in [0.15, 0.2) is 42.0 Å². The van der Waals surface area contributed by atoms with Crippen LogP contribution in [0, 0.1) is 5.82 Å². The van der Waals surface area contributed by atoms with Crippen molar-refractivity contribution < 1.29 is 19.1 Å². The standard InChI is InChI=1S/C16H12FN3O3S/c17-11-2-1-5-18-13(11)8-20(15(21)16(22)23)7-10-3-4-14-12(6-10)19-9-24-14/h1-6,9H,7-8H2,(H,22,23). The summed E-state index contributed by atoms with van der Waals surface area (Å²) in [5, 5.41) is 9.00. The minimum Gasteiger partial charge on any atom is -0.474 e. The molecule has 0 fully saturated rings. The van der Waals surface area contributed by atoms with Crippen LogP contribution in [0.3, 0.4) is 0 Å². The normalized spacial score (nSPS) is 10.7. The van der Waals surface area contributed by atoms with Gasteiger partial charge in [0.05, 0.1) is 28.0 Å². The number of thiazole rings is 1. The summed E-state index contributed by atoms with van der Waals surface area (Å²) in [5.41, 5.74) is 3.20. The van der Waals surface area contributed by atoms with Gasteiger partial charge in [0.25, 0.3) is 0 Å². The van der Waals surface area contributed by atoms with Crippen LogP contribution in [-0.2, 0) is 22.7 Å². The van der Waals surface area contributed by atoms with Crippen LogP contribution >= 0.6 is 11.3 Å². The number of carboxylic acid groups (broad SMARTS) is 1. The van der Waals surface area contributed by atoms with Gasteiger partial charge in [-0.15, -0.1) is 11.3 Å². The molecule has 1 N–H and O–H groups in total. The highest BCUT2D eigenvalue weighted by Gasteiger charge is 2.23. The first-order chi connectivity index (χ1) is 11.5. The molecule has 3 rings (SSSR count). The van der Waals surface area contributed by atoms with Crippen molar-refractivity contribution in [1.29, 1.82) is 0 Å². The molecule has 0 aliphatic rings. The second kappa shape index (κ2) is 6.71. The maximum atomic E-state index is 13.8. The van der Waals surface area contributed by atoms with Crippen molar-refractivity contribution in [3.05, 3.63) is 59.1 Å². The predicted octanol–water partition coefficient (Wildman–Crippen LogP) is 2.44. The zero-order chi connectivity index (χ0) is 17.1. The number of carbonyl (C=O) groups excluding carboxylic acids is 1. The van der Waals surface area contributed by atoms with Gasteiger partial charge in [0.2, 0.25) is 0 Å². The maximum absolute atomic E-state index is 13.8. The lowest BCUT2D eigenvalue weighted by Gasteiger charge is -2.20. The van der Waals surface area contributed by atoms with Crippen molar-refractivity contribution in [1.82, 2.24) is 14.9 Å². The van der Waals surface area contributed by atoms with Gasteiger partial charge in [-0.3, -0.25) is 9.78 Å². The van der Waals surface area contributed by atoms with E-state index < -0.39 is 17.7 Å². The average Bonchev–Trinajstić information content (AvgIpc) is 3.03. The summed E-state index contributed by atoms with van der Waals surface area (Å²) in [6, 6.07) is 8.07. The highest BCUT2D eigenvalue weighted by Crippen LogP contribution is 2.20. The van der Waals surface area contributed by atoms with Gasteiger partial charge >= 0.3 is 11.9 Å². The Bertz CT molecular complexity index is 912. The van der Waals surface area contributed by atoms with E-state index in [1.807, 2.05) is 6.07 Å². The largest absolute Gasteiger partial charge is 0.474 e. The second-order valence-corrected chi connectivity index (χ2v) is 5.94. The molecule has 1 amide bonds. The zero-order valence-corrected chi connectivity index (χ0v) is 13.2. The highest BCUT2D eigenvalue weighted by molar-refractivity contribution is 7.16. The fourth-order valence-electron chi connectivity index (χ4n) is 2.27. The Balaban J connectivity index is 1.88. The van der Waals surface area contributed by atoms with Crippen molar-refractivity contribution in [3.8, 4) is 0 Å². The number of benzene rings is 1. The fourth-order valence-corrected chi connectivity index (χ4v) is 2.93. The fraction of sp³-hybridized carbons (Fsp3) is 0.125. The molecule has 122 valence electrons. The molecule has 6 nitrogen and oxygen atoms in total. The van der Waals surface area contributed by atoms with E-state index >= 15 is 0 Å². The molecule has 0 aliphatic heterocycles. The van der Waals surface area contributed by atoms with E-state index in [-0.39, 0.29) is 18.8 Å². The molecule has 0 saturated heterocycles. The van der Waals surface area contributed by atoms with Crippen molar-refractivity contribution in [2.75, 3.05) is 0 Å². The first-order valence-corrected chi connectivity index (χ1v) is 7.86. The smallest absolute Gasteiger partial charge is 0.394 e. The summed E-state index contributed by atoms with van der Waals surface area (Å²) in [7, 11) is 0. The van der Waals surface area contributed by atoms with E-state index in [1.54, 1.807) is 17.6 Å². The number of fused-ring (bicyclic) bond motifs is 1. The van der Waals surface area contributed by atoms with Crippen LogP contribution in [-0.4, -0.2) is 31.9 Å². The zero-order valence-electron chi connectivity index (χ0n) is 12.3. The van der Waals surface area contributed by atoms with E-state index in [4.69, 9.17) is 5.11 Å². The number of aromatic nitrogens is 2. The Hall–Kier alpha value is -2.87. The predicted molar refractivity (Wildman–Crippen MR) is 85.7 cm³/mol. The maximum Gasteiger partial charge on any atom is 0.394 e. The molecule has 0 spiro atoms. The Labute approximate surface area is 140 Å². The van der Waals surface area contributed by atoms with Crippen LogP contribution in [0.4, 0.5) is 4.39 Å². The summed E-state index contributed by atoms with van der Waals surface area (Å²) < 4.78 is 14.8. The molecule has 0 radical (unpaired) electrons. The minimum atomic E-state index is -1.60. The third-order valence-electron chi connectivity index (χ3n) is 3.41. The average molecular weight is 345 g/mol. The van der Waals surface area contributed by atoms with Crippen molar-refractivity contribution >= 4 is 33.4 Å². The summed E-state index contributed by atoms with van der Waals surface area (Å²) >= 11 is 1.49. The Morgan fingerprint density at radius 3 is 2.79 bits per heavy atom. The van der Waals surface area contributed by atoms with Crippen LogP contribution in [0.2, 0.25) is 0 Å². The number of pyridine rings is 1. The van der Waals surface area contributed by atoms with Gasteiger partial charge in [0.1, 0.15) is 5.82 Å². The van der Waals surface area contributed by atoms with Crippen LogP contribution in [0.5, 0.6) is 0 Å². The first-order valence-electron chi connectivity index (χ1n) is 6.98. The first kappa shape index (κ1) is 16.0. The Morgan fingerprint density at radius 1 is 1.21 bits per heavy atom. The molecule has 0 bridgehead atoms. The van der Waals surface area contributed by atoms with Crippen molar-refractivity contribution in [3.63, 3.8) is 0 Å². The molecular formula is C16H12FN3O3S. The summed E-state index contributed by atoms with van der Waals surface area (Å²) in [6.07, 6.45) is 1.39. The molecule has 2 heterocycles. The molecule has 2 aromatic heterocycles. The van der Waals surface area contributed by atoms with Crippen LogP contribution in [0.1, 0.15) is 11.3 Å². The van der Waals surface area contributed by atoms with E-state index in [2.05, 4.69) is 9.97 Å². The number of nitrogens with zero attached hydrogens (tertiary/aromatic N) is 3. The van der Waals surface area contributed by atoms with E-state index in [1.165, 1.54) is 29.7 Å². The lowest BCUT2D eigenvalue weighted by atomic mass is 10.2. The quantitative estimate of drug-likeness (QED) is 0.734. The number of carbonyl (C=O) groups is 2. The molecular weight excluding hydrogens is 333 g/mol. The Morgan fingerprint density at radius 2 is 2.04 bits per heavy atom. The number of amides is 1. The van der Waals surface area contributed by atoms with Crippen LogP contribution in [0.25, 0.3) is 10.2 Å². The van der Waals surface area contributed by atoms with Crippen LogP contribution < -0.4 is 0 Å². The van der Waals surface area contributed by atoms with Gasteiger partial charge in [-0.25, -0.2) is 14.2 Å². The molecule has 8 heteroatoms. The molecule has 0 saturated carbocycles. The van der Waals surface area contributed by atoms with Gasteiger partial charge < -0.3 is 10.0 Å². The van der Waals surface area contributed by atoms with Crippen molar-refractivity contribution in [2.24, 2.45) is 0 Å². The lowest BCUT2D eigenvalue weighted by molar-refractivity contribution is -0.156. The number of hydrogen-bond donors (Lipinski definition) is 1. The van der Waals surface area contributed by atoms with E-state index in [0.29, 0.717) is 5.56 Å². The third kappa shape index (κ3) is 3.38. The van der Waals surface area contributed by atoms with Gasteiger partial charge in [-0.1, -0.05) is 6.07 Å².